The van der Waals surface area contributed by atoms with Crippen LogP contribution in [0.3, 0.4) is 0 Å². The fraction of sp³-hybridized carbons (Fsp3) is 0.409. The standard InChI is InChI=1S/C22H25ClN2O2.ClH/c23-18-10-4-7-13-21(18)27-15-17(26)14-25-20-12-6-5-11-19(20)24-22(25)16-8-2-1-3-9-16;/h4-7,10-13,16-17,26H,1-3,8-9,14-15H2;1H. The van der Waals surface area contributed by atoms with Gasteiger partial charge < -0.3 is 14.4 Å². The summed E-state index contributed by atoms with van der Waals surface area (Å²) in [5.74, 6) is 2.18. The first-order chi connectivity index (χ1) is 13.2. The van der Waals surface area contributed by atoms with E-state index in [2.05, 4.69) is 10.6 Å². The maximum Gasteiger partial charge on any atom is 0.138 e. The number of ether oxygens (including phenoxy) is 1. The zero-order valence-electron chi connectivity index (χ0n) is 15.8. The molecular formula is C22H26Cl2N2O2. The Balaban J connectivity index is 0.00000225. The number of imidazole rings is 1. The minimum Gasteiger partial charge on any atom is -0.489 e. The van der Waals surface area contributed by atoms with E-state index < -0.39 is 6.10 Å². The lowest BCUT2D eigenvalue weighted by Crippen LogP contribution is -2.25. The lowest BCUT2D eigenvalue weighted by atomic mass is 9.88. The topological polar surface area (TPSA) is 47.3 Å². The highest BCUT2D eigenvalue weighted by Gasteiger charge is 2.23. The summed E-state index contributed by atoms with van der Waals surface area (Å²) in [5, 5.41) is 11.2. The first-order valence-electron chi connectivity index (χ1n) is 9.73. The molecule has 28 heavy (non-hydrogen) atoms. The van der Waals surface area contributed by atoms with Crippen LogP contribution < -0.4 is 4.74 Å². The van der Waals surface area contributed by atoms with E-state index in [1.807, 2.05) is 36.4 Å². The van der Waals surface area contributed by atoms with Crippen molar-refractivity contribution in [2.24, 2.45) is 0 Å². The smallest absolute Gasteiger partial charge is 0.138 e. The maximum atomic E-state index is 10.6. The molecule has 0 bridgehead atoms. The Labute approximate surface area is 176 Å². The van der Waals surface area contributed by atoms with E-state index in [4.69, 9.17) is 21.3 Å². The fourth-order valence-corrected chi connectivity index (χ4v) is 4.16. The van der Waals surface area contributed by atoms with E-state index in [1.165, 1.54) is 32.1 Å². The molecule has 1 fully saturated rings. The van der Waals surface area contributed by atoms with E-state index in [9.17, 15) is 5.11 Å². The van der Waals surface area contributed by atoms with Crippen molar-refractivity contribution in [2.75, 3.05) is 6.61 Å². The van der Waals surface area contributed by atoms with Crippen LogP contribution in [0.5, 0.6) is 5.75 Å². The number of hydrogen-bond donors (Lipinski definition) is 1. The first-order valence-corrected chi connectivity index (χ1v) is 10.1. The molecule has 4 rings (SSSR count). The number of aromatic nitrogens is 2. The number of hydrogen-bond acceptors (Lipinski definition) is 3. The van der Waals surface area contributed by atoms with Crippen molar-refractivity contribution in [1.29, 1.82) is 0 Å². The van der Waals surface area contributed by atoms with E-state index in [0.717, 1.165) is 16.9 Å². The van der Waals surface area contributed by atoms with Gasteiger partial charge in [-0.3, -0.25) is 0 Å². The van der Waals surface area contributed by atoms with E-state index in [1.54, 1.807) is 6.07 Å². The molecule has 0 spiro atoms. The van der Waals surface area contributed by atoms with Gasteiger partial charge in [-0.25, -0.2) is 4.98 Å². The number of halogens is 2. The third-order valence-corrected chi connectivity index (χ3v) is 5.63. The Hall–Kier alpha value is -1.75. The predicted molar refractivity (Wildman–Crippen MR) is 116 cm³/mol. The quantitative estimate of drug-likeness (QED) is 0.564. The number of aliphatic hydroxyl groups excluding tert-OH is 1. The van der Waals surface area contributed by atoms with Gasteiger partial charge >= 0.3 is 0 Å². The molecule has 1 aliphatic carbocycles. The largest absolute Gasteiger partial charge is 0.489 e. The molecule has 1 aliphatic rings. The summed E-state index contributed by atoms with van der Waals surface area (Å²) in [5.41, 5.74) is 2.08. The van der Waals surface area contributed by atoms with Crippen molar-refractivity contribution < 1.29 is 9.84 Å². The zero-order chi connectivity index (χ0) is 18.6. The van der Waals surface area contributed by atoms with E-state index in [-0.39, 0.29) is 19.0 Å². The van der Waals surface area contributed by atoms with Crippen molar-refractivity contribution in [2.45, 2.75) is 50.7 Å². The maximum absolute atomic E-state index is 10.6. The summed E-state index contributed by atoms with van der Waals surface area (Å²) in [7, 11) is 0. The number of benzene rings is 2. The van der Waals surface area contributed by atoms with Crippen molar-refractivity contribution in [3.05, 3.63) is 59.4 Å². The summed E-state index contributed by atoms with van der Waals surface area (Å²) in [6.07, 6.45) is 5.54. The Morgan fingerprint density at radius 3 is 2.57 bits per heavy atom. The molecule has 4 nitrogen and oxygen atoms in total. The molecule has 0 amide bonds. The van der Waals surface area contributed by atoms with Gasteiger partial charge in [0.25, 0.3) is 0 Å². The van der Waals surface area contributed by atoms with Crippen LogP contribution in [0.25, 0.3) is 11.0 Å². The lowest BCUT2D eigenvalue weighted by molar-refractivity contribution is 0.0922. The lowest BCUT2D eigenvalue weighted by Gasteiger charge is -2.23. The van der Waals surface area contributed by atoms with Gasteiger partial charge in [0.05, 0.1) is 22.6 Å². The number of para-hydroxylation sites is 3. The first kappa shape index (κ1) is 21.0. The molecule has 3 aromatic rings. The second kappa shape index (κ2) is 9.64. The third kappa shape index (κ3) is 4.62. The SMILES string of the molecule is Cl.OC(COc1ccccc1Cl)Cn1c(C2CCCCC2)nc2ccccc21. The number of aliphatic hydroxyl groups is 1. The van der Waals surface area contributed by atoms with Crippen molar-refractivity contribution in [3.63, 3.8) is 0 Å². The van der Waals surface area contributed by atoms with Crippen molar-refractivity contribution in [3.8, 4) is 5.75 Å². The Morgan fingerprint density at radius 2 is 1.79 bits per heavy atom. The molecule has 0 aliphatic heterocycles. The number of fused-ring (bicyclic) bond motifs is 1. The minimum atomic E-state index is -0.638. The van der Waals surface area contributed by atoms with Crippen LogP contribution in [0.4, 0.5) is 0 Å². The van der Waals surface area contributed by atoms with Gasteiger partial charge in [0.1, 0.15) is 24.3 Å². The zero-order valence-corrected chi connectivity index (χ0v) is 17.3. The van der Waals surface area contributed by atoms with Gasteiger partial charge in [-0.2, -0.15) is 0 Å². The average Bonchev–Trinajstić information content (AvgIpc) is 3.06. The molecule has 1 heterocycles. The molecule has 1 aromatic heterocycles. The molecule has 150 valence electrons. The summed E-state index contributed by atoms with van der Waals surface area (Å²) < 4.78 is 7.92. The minimum absolute atomic E-state index is 0. The highest BCUT2D eigenvalue weighted by Crippen LogP contribution is 2.34. The van der Waals surface area contributed by atoms with E-state index >= 15 is 0 Å². The van der Waals surface area contributed by atoms with Crippen LogP contribution in [-0.2, 0) is 6.54 Å². The fourth-order valence-electron chi connectivity index (χ4n) is 3.97. The van der Waals surface area contributed by atoms with Crippen LogP contribution in [0.2, 0.25) is 5.02 Å². The van der Waals surface area contributed by atoms with Gasteiger partial charge in [-0.05, 0) is 37.1 Å². The normalized spacial score (nSPS) is 15.9. The van der Waals surface area contributed by atoms with Gasteiger partial charge in [0.15, 0.2) is 0 Å². The van der Waals surface area contributed by atoms with Crippen molar-refractivity contribution >= 4 is 35.0 Å². The third-order valence-electron chi connectivity index (χ3n) is 5.32. The monoisotopic (exact) mass is 420 g/mol. The van der Waals surface area contributed by atoms with Gasteiger partial charge in [-0.1, -0.05) is 55.1 Å². The number of nitrogens with zero attached hydrogens (tertiary/aromatic N) is 2. The van der Waals surface area contributed by atoms with Crippen molar-refractivity contribution in [1.82, 2.24) is 9.55 Å². The molecule has 1 atom stereocenters. The molecular weight excluding hydrogens is 395 g/mol. The number of rotatable bonds is 6. The Morgan fingerprint density at radius 1 is 1.07 bits per heavy atom. The van der Waals surface area contributed by atoms with E-state index in [0.29, 0.717) is 23.2 Å². The van der Waals surface area contributed by atoms with Gasteiger partial charge in [0, 0.05) is 5.92 Å². The molecule has 2 aromatic carbocycles. The molecule has 0 radical (unpaired) electrons. The highest BCUT2D eigenvalue weighted by molar-refractivity contribution is 6.32. The molecule has 6 heteroatoms. The van der Waals surface area contributed by atoms with Crippen LogP contribution in [-0.4, -0.2) is 27.4 Å². The predicted octanol–water partition coefficient (Wildman–Crippen LogP) is 5.60. The molecule has 1 N–H and O–H groups in total. The summed E-state index contributed by atoms with van der Waals surface area (Å²) in [6.45, 7) is 0.664. The Kier molecular flexibility index (Phi) is 7.22. The van der Waals surface area contributed by atoms with Crippen LogP contribution in [0.1, 0.15) is 43.8 Å². The average molecular weight is 421 g/mol. The van der Waals surface area contributed by atoms with Crippen LogP contribution >= 0.6 is 24.0 Å². The highest BCUT2D eigenvalue weighted by atomic mass is 35.5. The van der Waals surface area contributed by atoms with Crippen LogP contribution in [0.15, 0.2) is 48.5 Å². The second-order valence-corrected chi connectivity index (χ2v) is 7.71. The second-order valence-electron chi connectivity index (χ2n) is 7.30. The molecule has 0 saturated heterocycles. The summed E-state index contributed by atoms with van der Waals surface area (Å²) >= 11 is 6.13. The molecule has 1 saturated carbocycles. The summed E-state index contributed by atoms with van der Waals surface area (Å²) in [4.78, 5) is 4.91. The van der Waals surface area contributed by atoms with Gasteiger partial charge in [0.2, 0.25) is 0 Å². The Bertz CT molecular complexity index is 906. The molecule has 1 unspecified atom stereocenters. The van der Waals surface area contributed by atoms with Crippen LogP contribution in [0, 0.1) is 0 Å². The van der Waals surface area contributed by atoms with Gasteiger partial charge in [-0.15, -0.1) is 12.4 Å². The summed E-state index contributed by atoms with van der Waals surface area (Å²) in [6, 6.07) is 15.5.